The monoisotopic (exact) mass is 397 g/mol. The van der Waals surface area contributed by atoms with Gasteiger partial charge in [-0.1, -0.05) is 27.5 Å². The van der Waals surface area contributed by atoms with E-state index >= 15 is 0 Å². The summed E-state index contributed by atoms with van der Waals surface area (Å²) in [6.45, 7) is -0.217. The van der Waals surface area contributed by atoms with Crippen LogP contribution >= 0.6 is 38.9 Å². The summed E-state index contributed by atoms with van der Waals surface area (Å²) in [6, 6.07) is 8.69. The Hall–Kier alpha value is -1.47. The van der Waals surface area contributed by atoms with Gasteiger partial charge in [-0.3, -0.25) is 9.59 Å². The van der Waals surface area contributed by atoms with E-state index in [1.165, 1.54) is 6.07 Å². The molecule has 2 N–H and O–H groups in total. The third-order valence-electron chi connectivity index (χ3n) is 3.15. The van der Waals surface area contributed by atoms with Gasteiger partial charge in [0.25, 0.3) is 0 Å². The molecule has 2 aromatic rings. The standard InChI is InChI=1S/C15H9BrClNO3S/c16-7-1-3-8(4-2-7)18-12-11(17)14(21)15-10(13(12)20)5-9(6-19)22-15/h1-5,18-19H,6H2. The largest absolute Gasteiger partial charge is 0.391 e. The smallest absolute Gasteiger partial charge is 0.217 e. The number of hydrogen-bond donors (Lipinski definition) is 2. The molecule has 0 aliphatic heterocycles. The van der Waals surface area contributed by atoms with Crippen molar-refractivity contribution in [2.45, 2.75) is 6.61 Å². The molecule has 1 aromatic heterocycles. The van der Waals surface area contributed by atoms with Crippen molar-refractivity contribution in [3.05, 3.63) is 60.9 Å². The summed E-state index contributed by atoms with van der Waals surface area (Å²) in [5.41, 5.74) is 0.991. The van der Waals surface area contributed by atoms with Crippen LogP contribution in [0.25, 0.3) is 0 Å². The molecule has 0 bridgehead atoms. The van der Waals surface area contributed by atoms with Crippen molar-refractivity contribution >= 4 is 56.1 Å². The molecule has 0 radical (unpaired) electrons. The van der Waals surface area contributed by atoms with Crippen LogP contribution in [0.3, 0.4) is 0 Å². The number of benzene rings is 1. The molecule has 7 heteroatoms. The van der Waals surface area contributed by atoms with E-state index in [0.29, 0.717) is 10.6 Å². The number of halogens is 2. The Balaban J connectivity index is 2.00. The molecule has 0 unspecified atom stereocenters. The lowest BCUT2D eigenvalue weighted by molar-refractivity contribution is 0.0985. The first-order valence-electron chi connectivity index (χ1n) is 6.26. The molecule has 0 saturated carbocycles. The summed E-state index contributed by atoms with van der Waals surface area (Å²) >= 11 is 10.5. The number of fused-ring (bicyclic) bond motifs is 1. The molecule has 0 atom stereocenters. The maximum Gasteiger partial charge on any atom is 0.217 e. The van der Waals surface area contributed by atoms with Gasteiger partial charge in [-0.05, 0) is 30.3 Å². The Morgan fingerprint density at radius 2 is 1.86 bits per heavy atom. The number of hydrogen-bond acceptors (Lipinski definition) is 5. The summed E-state index contributed by atoms with van der Waals surface area (Å²) in [5, 5.41) is 11.9. The summed E-state index contributed by atoms with van der Waals surface area (Å²) in [4.78, 5) is 25.7. The predicted octanol–water partition coefficient (Wildman–Crippen LogP) is 3.94. The summed E-state index contributed by atoms with van der Waals surface area (Å²) < 4.78 is 0.900. The highest BCUT2D eigenvalue weighted by Gasteiger charge is 2.33. The topological polar surface area (TPSA) is 66.4 Å². The van der Waals surface area contributed by atoms with Gasteiger partial charge in [0.15, 0.2) is 0 Å². The Morgan fingerprint density at radius 3 is 2.50 bits per heavy atom. The molecule has 0 fully saturated rings. The zero-order valence-electron chi connectivity index (χ0n) is 11.0. The summed E-state index contributed by atoms with van der Waals surface area (Å²) in [6.07, 6.45) is 0. The van der Waals surface area contributed by atoms with E-state index in [4.69, 9.17) is 11.6 Å². The molecular weight excluding hydrogens is 390 g/mol. The number of aliphatic hydroxyl groups excluding tert-OH is 1. The minimum absolute atomic E-state index is 0.0591. The SMILES string of the molecule is O=C1C(Nc2ccc(Br)cc2)=C(Cl)C(=O)c2sc(CO)cc21. The predicted molar refractivity (Wildman–Crippen MR) is 89.5 cm³/mol. The van der Waals surface area contributed by atoms with Crippen LogP contribution in [0, 0.1) is 0 Å². The summed E-state index contributed by atoms with van der Waals surface area (Å²) in [7, 11) is 0. The Kier molecular flexibility index (Phi) is 4.18. The number of thiophene rings is 1. The fourth-order valence-electron chi connectivity index (χ4n) is 2.09. The van der Waals surface area contributed by atoms with E-state index in [-0.39, 0.29) is 33.6 Å². The molecule has 0 saturated heterocycles. The second-order valence-corrected chi connectivity index (χ2v) is 7.02. The van der Waals surface area contributed by atoms with E-state index in [1.807, 2.05) is 12.1 Å². The van der Waals surface area contributed by atoms with Crippen molar-refractivity contribution in [1.29, 1.82) is 0 Å². The first-order chi connectivity index (χ1) is 10.5. The maximum absolute atomic E-state index is 12.5. The fraction of sp³-hybridized carbons (Fsp3) is 0.0667. The van der Waals surface area contributed by atoms with Gasteiger partial charge in [-0.15, -0.1) is 11.3 Å². The molecule has 112 valence electrons. The number of rotatable bonds is 3. The summed E-state index contributed by atoms with van der Waals surface area (Å²) in [5.74, 6) is -0.751. The van der Waals surface area contributed by atoms with Crippen LogP contribution < -0.4 is 5.32 Å². The van der Waals surface area contributed by atoms with Crippen molar-refractivity contribution in [1.82, 2.24) is 0 Å². The van der Waals surface area contributed by atoms with Gasteiger partial charge in [-0.25, -0.2) is 0 Å². The number of allylic oxidation sites excluding steroid dienone is 2. The molecule has 3 rings (SSSR count). The highest BCUT2D eigenvalue weighted by atomic mass is 79.9. The normalized spacial score (nSPS) is 14.3. The number of aliphatic hydroxyl groups is 1. The molecule has 22 heavy (non-hydrogen) atoms. The zero-order valence-corrected chi connectivity index (χ0v) is 14.2. The maximum atomic E-state index is 12.5. The molecule has 1 heterocycles. The third-order valence-corrected chi connectivity index (χ3v) is 5.16. The van der Waals surface area contributed by atoms with E-state index in [0.717, 1.165) is 15.8 Å². The molecule has 0 spiro atoms. The average molecular weight is 399 g/mol. The first-order valence-corrected chi connectivity index (χ1v) is 8.25. The number of anilines is 1. The Bertz CT molecular complexity index is 811. The quantitative estimate of drug-likeness (QED) is 0.822. The molecule has 1 aromatic carbocycles. The van der Waals surface area contributed by atoms with Crippen LogP contribution in [0.1, 0.15) is 24.9 Å². The van der Waals surface area contributed by atoms with Crippen LogP contribution in [0.15, 0.2) is 45.5 Å². The van der Waals surface area contributed by atoms with Gasteiger partial charge in [0.1, 0.15) is 10.7 Å². The van der Waals surface area contributed by atoms with Gasteiger partial charge in [0.2, 0.25) is 11.6 Å². The van der Waals surface area contributed by atoms with E-state index < -0.39 is 5.78 Å². The van der Waals surface area contributed by atoms with Crippen LogP contribution in [-0.2, 0) is 6.61 Å². The van der Waals surface area contributed by atoms with Crippen molar-refractivity contribution in [2.24, 2.45) is 0 Å². The van der Waals surface area contributed by atoms with Crippen molar-refractivity contribution in [2.75, 3.05) is 5.32 Å². The van der Waals surface area contributed by atoms with E-state index in [2.05, 4.69) is 21.2 Å². The van der Waals surface area contributed by atoms with Crippen LogP contribution in [0.5, 0.6) is 0 Å². The molecule has 0 amide bonds. The lowest BCUT2D eigenvalue weighted by Crippen LogP contribution is -2.22. The second kappa shape index (κ2) is 5.96. The second-order valence-electron chi connectivity index (χ2n) is 4.59. The lowest BCUT2D eigenvalue weighted by Gasteiger charge is -2.16. The van der Waals surface area contributed by atoms with Crippen molar-refractivity contribution in [3.8, 4) is 0 Å². The fourth-order valence-corrected chi connectivity index (χ4v) is 3.60. The Labute approximate surface area is 143 Å². The van der Waals surface area contributed by atoms with Gasteiger partial charge in [0, 0.05) is 20.6 Å². The molecular formula is C15H9BrClNO3S. The molecule has 1 aliphatic rings. The molecule has 4 nitrogen and oxygen atoms in total. The van der Waals surface area contributed by atoms with E-state index in [9.17, 15) is 14.7 Å². The van der Waals surface area contributed by atoms with Gasteiger partial charge in [-0.2, -0.15) is 0 Å². The first kappa shape index (κ1) is 15.4. The number of ketones is 2. The van der Waals surface area contributed by atoms with Crippen LogP contribution in [-0.4, -0.2) is 16.7 Å². The lowest BCUT2D eigenvalue weighted by atomic mass is 9.99. The highest BCUT2D eigenvalue weighted by Crippen LogP contribution is 2.34. The number of carbonyl (C=O) groups excluding carboxylic acids is 2. The van der Waals surface area contributed by atoms with Gasteiger partial charge < -0.3 is 10.4 Å². The van der Waals surface area contributed by atoms with Gasteiger partial charge in [0.05, 0.1) is 11.5 Å². The Morgan fingerprint density at radius 1 is 1.18 bits per heavy atom. The molecule has 1 aliphatic carbocycles. The van der Waals surface area contributed by atoms with Crippen molar-refractivity contribution in [3.63, 3.8) is 0 Å². The number of carbonyl (C=O) groups is 2. The number of Topliss-reactive ketones (excluding diaryl/α,β-unsaturated/α-hetero) is 2. The average Bonchev–Trinajstić information content (AvgIpc) is 2.96. The van der Waals surface area contributed by atoms with E-state index in [1.54, 1.807) is 12.1 Å². The zero-order chi connectivity index (χ0) is 15.9. The van der Waals surface area contributed by atoms with Gasteiger partial charge >= 0.3 is 0 Å². The van der Waals surface area contributed by atoms with Crippen molar-refractivity contribution < 1.29 is 14.7 Å². The third kappa shape index (κ3) is 2.63. The minimum atomic E-state index is -0.402. The highest BCUT2D eigenvalue weighted by molar-refractivity contribution is 9.10. The van der Waals surface area contributed by atoms with Crippen LogP contribution in [0.4, 0.5) is 5.69 Å². The van der Waals surface area contributed by atoms with Crippen LogP contribution in [0.2, 0.25) is 0 Å². The number of nitrogens with one attached hydrogen (secondary N) is 1. The minimum Gasteiger partial charge on any atom is -0.391 e.